The minimum Gasteiger partial charge on any atom is -0.313 e. The molecule has 1 unspecified atom stereocenters. The summed E-state index contributed by atoms with van der Waals surface area (Å²) in [6, 6.07) is 7.33. The lowest BCUT2D eigenvalue weighted by atomic mass is 10.1. The summed E-state index contributed by atoms with van der Waals surface area (Å²) in [6.07, 6.45) is 1.95. The van der Waals surface area contributed by atoms with E-state index in [9.17, 15) is 0 Å². The topological polar surface area (TPSA) is 29.9 Å². The first-order chi connectivity index (χ1) is 7.63. The van der Waals surface area contributed by atoms with Crippen LogP contribution in [-0.4, -0.2) is 16.8 Å². The first kappa shape index (κ1) is 11.1. The van der Waals surface area contributed by atoms with Crippen LogP contribution in [0.5, 0.6) is 0 Å². The van der Waals surface area contributed by atoms with E-state index in [-0.39, 0.29) is 0 Å². The van der Waals surface area contributed by atoms with Crippen molar-refractivity contribution in [2.75, 3.05) is 7.05 Å². The van der Waals surface area contributed by atoms with Gasteiger partial charge in [-0.3, -0.25) is 4.68 Å². The summed E-state index contributed by atoms with van der Waals surface area (Å²) in [4.78, 5) is 0. The Labute approximate surface area is 96.5 Å². The lowest BCUT2D eigenvalue weighted by Gasteiger charge is -2.11. The van der Waals surface area contributed by atoms with Gasteiger partial charge in [-0.15, -0.1) is 0 Å². The Morgan fingerprint density at radius 3 is 2.62 bits per heavy atom. The van der Waals surface area contributed by atoms with Crippen molar-refractivity contribution in [1.82, 2.24) is 15.1 Å². The zero-order chi connectivity index (χ0) is 11.7. The summed E-state index contributed by atoms with van der Waals surface area (Å²) in [5, 5.41) is 8.88. The summed E-state index contributed by atoms with van der Waals surface area (Å²) in [5.41, 5.74) is 2.51. The minimum atomic E-state index is 0.381. The molecule has 0 aliphatic rings. The quantitative estimate of drug-likeness (QED) is 0.856. The molecule has 1 atom stereocenters. The summed E-state index contributed by atoms with van der Waals surface area (Å²) in [5.74, 6) is 0. The van der Waals surface area contributed by atoms with Crippen LogP contribution in [0.3, 0.4) is 0 Å². The molecule has 3 nitrogen and oxygen atoms in total. The molecule has 1 aromatic carbocycles. The Morgan fingerprint density at radius 2 is 2.00 bits per heavy atom. The smallest absolute Gasteiger partial charge is 0.0685 e. The SMILES string of the molecule is CNC(C)c1ccc2c(cnn2C(C)C)c1. The predicted molar refractivity (Wildman–Crippen MR) is 67.6 cm³/mol. The normalized spacial score (nSPS) is 13.6. The van der Waals surface area contributed by atoms with E-state index in [1.807, 2.05) is 13.2 Å². The number of rotatable bonds is 3. The van der Waals surface area contributed by atoms with Crippen LogP contribution in [0.1, 0.15) is 38.4 Å². The highest BCUT2D eigenvalue weighted by molar-refractivity contribution is 5.79. The first-order valence-corrected chi connectivity index (χ1v) is 5.78. The summed E-state index contributed by atoms with van der Waals surface area (Å²) < 4.78 is 2.06. The molecule has 0 saturated carbocycles. The van der Waals surface area contributed by atoms with Crippen LogP contribution in [0.25, 0.3) is 10.9 Å². The molecule has 0 amide bonds. The van der Waals surface area contributed by atoms with Crippen LogP contribution < -0.4 is 5.32 Å². The molecule has 2 rings (SSSR count). The minimum absolute atomic E-state index is 0.381. The second-order valence-corrected chi connectivity index (χ2v) is 4.51. The van der Waals surface area contributed by atoms with E-state index in [1.165, 1.54) is 16.5 Å². The maximum absolute atomic E-state index is 4.42. The molecule has 3 heteroatoms. The van der Waals surface area contributed by atoms with Gasteiger partial charge < -0.3 is 5.32 Å². The predicted octanol–water partition coefficient (Wildman–Crippen LogP) is 2.90. The van der Waals surface area contributed by atoms with Gasteiger partial charge in [0.25, 0.3) is 0 Å². The molecule has 0 aliphatic carbocycles. The standard InChI is InChI=1S/C13H19N3/c1-9(2)16-13-6-5-11(10(3)14-4)7-12(13)8-15-16/h5-10,14H,1-4H3. The van der Waals surface area contributed by atoms with Crippen molar-refractivity contribution in [3.05, 3.63) is 30.0 Å². The van der Waals surface area contributed by atoms with Gasteiger partial charge in [-0.05, 0) is 45.5 Å². The molecule has 0 aliphatic heterocycles. The number of aromatic nitrogens is 2. The van der Waals surface area contributed by atoms with Crippen molar-refractivity contribution in [3.8, 4) is 0 Å². The third kappa shape index (κ3) is 1.83. The van der Waals surface area contributed by atoms with E-state index in [0.29, 0.717) is 12.1 Å². The average Bonchev–Trinajstić information content (AvgIpc) is 2.70. The molecule has 86 valence electrons. The van der Waals surface area contributed by atoms with Gasteiger partial charge >= 0.3 is 0 Å². The molecule has 0 bridgehead atoms. The van der Waals surface area contributed by atoms with E-state index >= 15 is 0 Å². The van der Waals surface area contributed by atoms with Gasteiger partial charge in [-0.2, -0.15) is 5.10 Å². The van der Waals surface area contributed by atoms with Crippen LogP contribution >= 0.6 is 0 Å². The zero-order valence-corrected chi connectivity index (χ0v) is 10.4. The number of hydrogen-bond donors (Lipinski definition) is 1. The molecule has 1 heterocycles. The lowest BCUT2D eigenvalue weighted by Crippen LogP contribution is -2.12. The second-order valence-electron chi connectivity index (χ2n) is 4.51. The fraction of sp³-hybridized carbons (Fsp3) is 0.462. The summed E-state index contributed by atoms with van der Waals surface area (Å²) >= 11 is 0. The van der Waals surface area contributed by atoms with E-state index in [0.717, 1.165) is 0 Å². The number of fused-ring (bicyclic) bond motifs is 1. The third-order valence-corrected chi connectivity index (χ3v) is 3.04. The highest BCUT2D eigenvalue weighted by Gasteiger charge is 2.08. The molecule has 16 heavy (non-hydrogen) atoms. The van der Waals surface area contributed by atoms with Crippen molar-refractivity contribution < 1.29 is 0 Å². The number of nitrogens with zero attached hydrogens (tertiary/aromatic N) is 2. The number of nitrogens with one attached hydrogen (secondary N) is 1. The van der Waals surface area contributed by atoms with Crippen molar-refractivity contribution in [3.63, 3.8) is 0 Å². The Balaban J connectivity index is 2.49. The summed E-state index contributed by atoms with van der Waals surface area (Å²) in [6.45, 7) is 6.46. The molecule has 0 saturated heterocycles. The first-order valence-electron chi connectivity index (χ1n) is 5.78. The monoisotopic (exact) mass is 217 g/mol. The second kappa shape index (κ2) is 4.26. The van der Waals surface area contributed by atoms with Gasteiger partial charge in [0.2, 0.25) is 0 Å². The van der Waals surface area contributed by atoms with Gasteiger partial charge in [0.05, 0.1) is 11.7 Å². The van der Waals surface area contributed by atoms with Crippen molar-refractivity contribution in [2.24, 2.45) is 0 Å². The average molecular weight is 217 g/mol. The molecule has 2 aromatic rings. The molecule has 1 N–H and O–H groups in total. The van der Waals surface area contributed by atoms with Gasteiger partial charge in [0.15, 0.2) is 0 Å². The Morgan fingerprint density at radius 1 is 1.25 bits per heavy atom. The van der Waals surface area contributed by atoms with Crippen molar-refractivity contribution in [2.45, 2.75) is 32.9 Å². The van der Waals surface area contributed by atoms with Crippen molar-refractivity contribution >= 4 is 10.9 Å². The van der Waals surface area contributed by atoms with E-state index < -0.39 is 0 Å². The highest BCUT2D eigenvalue weighted by Crippen LogP contribution is 2.22. The Hall–Kier alpha value is -1.35. The van der Waals surface area contributed by atoms with Crippen LogP contribution in [0.2, 0.25) is 0 Å². The van der Waals surface area contributed by atoms with E-state index in [1.54, 1.807) is 0 Å². The van der Waals surface area contributed by atoms with Crippen LogP contribution in [0.15, 0.2) is 24.4 Å². The molecule has 1 aromatic heterocycles. The maximum atomic E-state index is 4.42. The highest BCUT2D eigenvalue weighted by atomic mass is 15.3. The van der Waals surface area contributed by atoms with E-state index in [4.69, 9.17) is 0 Å². The fourth-order valence-electron chi connectivity index (χ4n) is 1.92. The number of benzene rings is 1. The van der Waals surface area contributed by atoms with E-state index in [2.05, 4.69) is 54.1 Å². The molecular weight excluding hydrogens is 198 g/mol. The van der Waals surface area contributed by atoms with Crippen LogP contribution in [0, 0.1) is 0 Å². The van der Waals surface area contributed by atoms with Crippen molar-refractivity contribution in [1.29, 1.82) is 0 Å². The molecule has 0 spiro atoms. The molecular formula is C13H19N3. The largest absolute Gasteiger partial charge is 0.313 e. The molecule has 0 radical (unpaired) electrons. The lowest BCUT2D eigenvalue weighted by molar-refractivity contribution is 0.551. The maximum Gasteiger partial charge on any atom is 0.0685 e. The summed E-state index contributed by atoms with van der Waals surface area (Å²) in [7, 11) is 1.98. The van der Waals surface area contributed by atoms with Gasteiger partial charge in [-0.1, -0.05) is 6.07 Å². The Kier molecular flexibility index (Phi) is 2.97. The van der Waals surface area contributed by atoms with Gasteiger partial charge in [0, 0.05) is 17.5 Å². The van der Waals surface area contributed by atoms with Crippen LogP contribution in [0.4, 0.5) is 0 Å². The zero-order valence-electron chi connectivity index (χ0n) is 10.4. The molecule has 0 fully saturated rings. The fourth-order valence-corrected chi connectivity index (χ4v) is 1.92. The Bertz CT molecular complexity index is 485. The number of hydrogen-bond acceptors (Lipinski definition) is 2. The van der Waals surface area contributed by atoms with Gasteiger partial charge in [-0.25, -0.2) is 0 Å². The van der Waals surface area contributed by atoms with Crippen LogP contribution in [-0.2, 0) is 0 Å². The third-order valence-electron chi connectivity index (χ3n) is 3.04. The van der Waals surface area contributed by atoms with Gasteiger partial charge in [0.1, 0.15) is 0 Å².